The molecule has 102 valence electrons. The highest BCUT2D eigenvalue weighted by atomic mass is 32.1. The van der Waals surface area contributed by atoms with Crippen molar-refractivity contribution >= 4 is 11.3 Å². The Balaban J connectivity index is 1.82. The molecule has 0 spiro atoms. The average molecular weight is 266 g/mol. The van der Waals surface area contributed by atoms with Crippen molar-refractivity contribution in [3.8, 4) is 0 Å². The molecule has 1 N–H and O–H groups in total. The third-order valence-corrected chi connectivity index (χ3v) is 4.78. The van der Waals surface area contributed by atoms with Gasteiger partial charge in [-0.05, 0) is 43.7 Å². The molecular weight excluding hydrogens is 240 g/mol. The second-order valence-electron chi connectivity index (χ2n) is 6.43. The standard InChI is InChI=1S/C15H26N2S/c1-12(14-6-5-9-18-14)17(4)11-15(2,3)10-16-13-7-8-13/h5-6,9,12-13,16H,7-8,10-11H2,1-4H3. The van der Waals surface area contributed by atoms with Crippen LogP contribution in [-0.4, -0.2) is 31.1 Å². The molecule has 1 unspecified atom stereocenters. The van der Waals surface area contributed by atoms with Crippen LogP contribution in [0.25, 0.3) is 0 Å². The van der Waals surface area contributed by atoms with Gasteiger partial charge in [-0.15, -0.1) is 11.3 Å². The first-order chi connectivity index (χ1) is 8.48. The van der Waals surface area contributed by atoms with Crippen molar-refractivity contribution in [3.63, 3.8) is 0 Å². The molecule has 1 aromatic heterocycles. The summed E-state index contributed by atoms with van der Waals surface area (Å²) in [7, 11) is 2.24. The molecule has 0 amide bonds. The smallest absolute Gasteiger partial charge is 0.0410 e. The minimum atomic E-state index is 0.336. The van der Waals surface area contributed by atoms with Gasteiger partial charge in [-0.3, -0.25) is 4.90 Å². The molecule has 1 aromatic rings. The van der Waals surface area contributed by atoms with E-state index in [2.05, 4.69) is 55.5 Å². The summed E-state index contributed by atoms with van der Waals surface area (Å²) in [5.74, 6) is 0. The Morgan fingerprint density at radius 1 is 1.50 bits per heavy atom. The molecule has 0 aromatic carbocycles. The molecule has 1 fully saturated rings. The zero-order chi connectivity index (χ0) is 13.2. The number of nitrogens with zero attached hydrogens (tertiary/aromatic N) is 1. The first-order valence-corrected chi connectivity index (χ1v) is 7.83. The van der Waals surface area contributed by atoms with E-state index < -0.39 is 0 Å². The van der Waals surface area contributed by atoms with Crippen LogP contribution in [0.4, 0.5) is 0 Å². The fourth-order valence-electron chi connectivity index (χ4n) is 2.32. The Morgan fingerprint density at radius 2 is 2.22 bits per heavy atom. The van der Waals surface area contributed by atoms with Gasteiger partial charge in [-0.1, -0.05) is 19.9 Å². The van der Waals surface area contributed by atoms with E-state index in [9.17, 15) is 0 Å². The molecule has 1 aliphatic rings. The van der Waals surface area contributed by atoms with Crippen molar-refractivity contribution in [1.29, 1.82) is 0 Å². The normalized spacial score (nSPS) is 18.3. The predicted molar refractivity (Wildman–Crippen MR) is 80.2 cm³/mol. The van der Waals surface area contributed by atoms with E-state index in [1.807, 2.05) is 11.3 Å². The van der Waals surface area contributed by atoms with Crippen LogP contribution in [0.3, 0.4) is 0 Å². The van der Waals surface area contributed by atoms with Crippen molar-refractivity contribution in [2.75, 3.05) is 20.1 Å². The van der Waals surface area contributed by atoms with Gasteiger partial charge in [0.25, 0.3) is 0 Å². The Morgan fingerprint density at radius 3 is 2.78 bits per heavy atom. The number of hydrogen-bond donors (Lipinski definition) is 1. The van der Waals surface area contributed by atoms with E-state index in [0.29, 0.717) is 11.5 Å². The van der Waals surface area contributed by atoms with Gasteiger partial charge in [0.2, 0.25) is 0 Å². The van der Waals surface area contributed by atoms with Crippen molar-refractivity contribution < 1.29 is 0 Å². The molecule has 2 nitrogen and oxygen atoms in total. The quantitative estimate of drug-likeness (QED) is 0.812. The lowest BCUT2D eigenvalue weighted by molar-refractivity contribution is 0.167. The van der Waals surface area contributed by atoms with Crippen LogP contribution in [0.15, 0.2) is 17.5 Å². The van der Waals surface area contributed by atoms with Gasteiger partial charge in [-0.25, -0.2) is 0 Å². The van der Waals surface area contributed by atoms with Gasteiger partial charge in [-0.2, -0.15) is 0 Å². The summed E-state index contributed by atoms with van der Waals surface area (Å²) < 4.78 is 0. The van der Waals surface area contributed by atoms with Crippen LogP contribution in [0.5, 0.6) is 0 Å². The highest BCUT2D eigenvalue weighted by Crippen LogP contribution is 2.27. The van der Waals surface area contributed by atoms with Gasteiger partial charge >= 0.3 is 0 Å². The minimum absolute atomic E-state index is 0.336. The second kappa shape index (κ2) is 5.72. The molecule has 0 radical (unpaired) electrons. The van der Waals surface area contributed by atoms with E-state index in [4.69, 9.17) is 0 Å². The summed E-state index contributed by atoms with van der Waals surface area (Å²) in [5, 5.41) is 5.82. The molecule has 1 heterocycles. The molecule has 2 rings (SSSR count). The van der Waals surface area contributed by atoms with Crippen LogP contribution in [0, 0.1) is 5.41 Å². The van der Waals surface area contributed by atoms with E-state index in [1.165, 1.54) is 17.7 Å². The lowest BCUT2D eigenvalue weighted by Gasteiger charge is -2.33. The zero-order valence-corrected chi connectivity index (χ0v) is 12.9. The average Bonchev–Trinajstić information content (AvgIpc) is 2.98. The summed E-state index contributed by atoms with van der Waals surface area (Å²) in [5.41, 5.74) is 0.336. The summed E-state index contributed by atoms with van der Waals surface area (Å²) >= 11 is 1.86. The van der Waals surface area contributed by atoms with E-state index >= 15 is 0 Å². The molecule has 0 aliphatic heterocycles. The monoisotopic (exact) mass is 266 g/mol. The maximum atomic E-state index is 3.65. The lowest BCUT2D eigenvalue weighted by atomic mass is 9.92. The predicted octanol–water partition coefficient (Wildman–Crippen LogP) is 3.52. The summed E-state index contributed by atoms with van der Waals surface area (Å²) in [6, 6.07) is 5.71. The number of rotatable bonds is 7. The Kier molecular flexibility index (Phi) is 4.46. The zero-order valence-electron chi connectivity index (χ0n) is 12.1. The largest absolute Gasteiger partial charge is 0.313 e. The van der Waals surface area contributed by atoms with Crippen LogP contribution >= 0.6 is 11.3 Å². The van der Waals surface area contributed by atoms with Crippen molar-refractivity contribution in [2.45, 2.75) is 45.7 Å². The first-order valence-electron chi connectivity index (χ1n) is 6.95. The van der Waals surface area contributed by atoms with Crippen LogP contribution < -0.4 is 5.32 Å². The van der Waals surface area contributed by atoms with Crippen LogP contribution in [0.2, 0.25) is 0 Å². The van der Waals surface area contributed by atoms with Crippen molar-refractivity contribution in [1.82, 2.24) is 10.2 Å². The summed E-state index contributed by atoms with van der Waals surface area (Å²) in [6.07, 6.45) is 2.75. The summed E-state index contributed by atoms with van der Waals surface area (Å²) in [6.45, 7) is 9.28. The van der Waals surface area contributed by atoms with Gasteiger partial charge in [0.05, 0.1) is 0 Å². The first kappa shape index (κ1) is 14.0. The fourth-order valence-corrected chi connectivity index (χ4v) is 3.17. The van der Waals surface area contributed by atoms with E-state index in [0.717, 1.165) is 19.1 Å². The molecule has 1 aliphatic carbocycles. The van der Waals surface area contributed by atoms with Crippen LogP contribution in [0.1, 0.15) is 44.5 Å². The maximum absolute atomic E-state index is 3.65. The molecule has 18 heavy (non-hydrogen) atoms. The highest BCUT2D eigenvalue weighted by Gasteiger charge is 2.27. The Bertz CT molecular complexity index is 355. The van der Waals surface area contributed by atoms with Gasteiger partial charge < -0.3 is 5.32 Å². The number of nitrogens with one attached hydrogen (secondary N) is 1. The van der Waals surface area contributed by atoms with E-state index in [1.54, 1.807) is 0 Å². The number of thiophene rings is 1. The van der Waals surface area contributed by atoms with E-state index in [-0.39, 0.29) is 0 Å². The molecular formula is C15H26N2S. The molecule has 3 heteroatoms. The topological polar surface area (TPSA) is 15.3 Å². The Labute approximate surface area is 115 Å². The maximum Gasteiger partial charge on any atom is 0.0410 e. The van der Waals surface area contributed by atoms with Crippen molar-refractivity contribution in [2.24, 2.45) is 5.41 Å². The molecule has 1 saturated carbocycles. The Hall–Kier alpha value is -0.380. The molecule has 0 saturated heterocycles. The molecule has 1 atom stereocenters. The minimum Gasteiger partial charge on any atom is -0.313 e. The molecule has 0 bridgehead atoms. The van der Waals surface area contributed by atoms with Gasteiger partial charge in [0.1, 0.15) is 0 Å². The van der Waals surface area contributed by atoms with Crippen molar-refractivity contribution in [3.05, 3.63) is 22.4 Å². The lowest BCUT2D eigenvalue weighted by Crippen LogP contribution is -2.40. The van der Waals surface area contributed by atoms with Gasteiger partial charge in [0.15, 0.2) is 0 Å². The summed E-state index contributed by atoms with van der Waals surface area (Å²) in [4.78, 5) is 3.93. The third-order valence-electron chi connectivity index (χ3n) is 3.74. The number of hydrogen-bond acceptors (Lipinski definition) is 3. The van der Waals surface area contributed by atoms with Crippen LogP contribution in [-0.2, 0) is 0 Å². The third kappa shape index (κ3) is 4.08. The SMILES string of the molecule is CC(c1cccs1)N(C)CC(C)(C)CNC1CC1. The van der Waals surface area contributed by atoms with Gasteiger partial charge in [0, 0.05) is 30.1 Å². The highest BCUT2D eigenvalue weighted by molar-refractivity contribution is 7.10. The fraction of sp³-hybridized carbons (Fsp3) is 0.733. The second-order valence-corrected chi connectivity index (χ2v) is 7.41.